The molecule has 1 aromatic heterocycles. The molecule has 1 heteroatoms. The zero-order chi connectivity index (χ0) is 21.6. The summed E-state index contributed by atoms with van der Waals surface area (Å²) in [6, 6.07) is 20.6. The molecular weight excluding hydrogens is 362 g/mol. The molecule has 0 amide bonds. The second-order valence-electron chi connectivity index (χ2n) is 10.2. The molecule has 0 saturated carbocycles. The Morgan fingerprint density at radius 3 is 2.23 bits per heavy atom. The lowest BCUT2D eigenvalue weighted by Gasteiger charge is -2.24. The Kier molecular flexibility index (Phi) is 5.18. The van der Waals surface area contributed by atoms with Gasteiger partial charge in [0.1, 0.15) is 7.05 Å². The smallest absolute Gasteiger partial charge is 0.200 e. The van der Waals surface area contributed by atoms with Crippen molar-refractivity contribution < 1.29 is 4.57 Å². The first-order chi connectivity index (χ1) is 14.2. The standard InChI is InChI=1S/C29H34N/c1-19(2)16-21-12-13-24-22(17-21)14-15-30(7)28(24)26-18-27(29(4,5)6)25-11-9-8-10-23(25)20(26)3/h8-15,17-19H,16H2,1-7H3/q+1. The lowest BCUT2D eigenvalue weighted by molar-refractivity contribution is -0.659. The SMILES string of the molecule is Cc1c(-c2c3ccc(CC(C)C)cc3cc[n+]2C)cc(C(C)(C)C)c2ccccc12. The summed E-state index contributed by atoms with van der Waals surface area (Å²) < 4.78 is 2.29. The van der Waals surface area contributed by atoms with Crippen LogP contribution in [0.5, 0.6) is 0 Å². The van der Waals surface area contributed by atoms with E-state index in [-0.39, 0.29) is 5.41 Å². The van der Waals surface area contributed by atoms with E-state index >= 15 is 0 Å². The van der Waals surface area contributed by atoms with Gasteiger partial charge in [-0.25, -0.2) is 4.57 Å². The minimum atomic E-state index is 0.0790. The molecule has 0 unspecified atom stereocenters. The molecule has 0 aliphatic heterocycles. The van der Waals surface area contributed by atoms with Gasteiger partial charge in [-0.3, -0.25) is 0 Å². The highest BCUT2D eigenvalue weighted by Crippen LogP contribution is 2.38. The van der Waals surface area contributed by atoms with Gasteiger partial charge in [-0.15, -0.1) is 0 Å². The summed E-state index contributed by atoms with van der Waals surface area (Å²) in [5.74, 6) is 0.666. The topological polar surface area (TPSA) is 3.88 Å². The number of hydrogen-bond donors (Lipinski definition) is 0. The van der Waals surface area contributed by atoms with E-state index in [4.69, 9.17) is 0 Å². The fourth-order valence-corrected chi connectivity index (χ4v) is 4.74. The minimum absolute atomic E-state index is 0.0790. The average molecular weight is 397 g/mol. The Morgan fingerprint density at radius 2 is 1.57 bits per heavy atom. The van der Waals surface area contributed by atoms with Crippen LogP contribution in [0.25, 0.3) is 32.8 Å². The average Bonchev–Trinajstić information content (AvgIpc) is 2.68. The minimum Gasteiger partial charge on any atom is -0.200 e. The molecule has 0 bridgehead atoms. The molecule has 30 heavy (non-hydrogen) atoms. The van der Waals surface area contributed by atoms with Crippen LogP contribution in [-0.4, -0.2) is 0 Å². The van der Waals surface area contributed by atoms with E-state index in [1.807, 2.05) is 0 Å². The normalized spacial score (nSPS) is 12.3. The van der Waals surface area contributed by atoms with E-state index in [0.717, 1.165) is 6.42 Å². The summed E-state index contributed by atoms with van der Waals surface area (Å²) >= 11 is 0. The molecule has 0 spiro atoms. The quantitative estimate of drug-likeness (QED) is 0.320. The summed E-state index contributed by atoms with van der Waals surface area (Å²) in [6.45, 7) is 13.8. The fourth-order valence-electron chi connectivity index (χ4n) is 4.74. The highest BCUT2D eigenvalue weighted by atomic mass is 14.9. The molecule has 154 valence electrons. The summed E-state index contributed by atoms with van der Waals surface area (Å²) in [5, 5.41) is 5.37. The van der Waals surface area contributed by atoms with Gasteiger partial charge in [-0.05, 0) is 69.7 Å². The van der Waals surface area contributed by atoms with Crippen molar-refractivity contribution in [1.29, 1.82) is 0 Å². The van der Waals surface area contributed by atoms with E-state index in [2.05, 4.69) is 114 Å². The largest absolute Gasteiger partial charge is 0.220 e. The van der Waals surface area contributed by atoms with Gasteiger partial charge in [0.25, 0.3) is 0 Å². The summed E-state index contributed by atoms with van der Waals surface area (Å²) in [7, 11) is 2.17. The van der Waals surface area contributed by atoms with E-state index in [0.29, 0.717) is 5.92 Å². The van der Waals surface area contributed by atoms with Crippen molar-refractivity contribution in [3.8, 4) is 11.3 Å². The van der Waals surface area contributed by atoms with Crippen molar-refractivity contribution in [2.75, 3.05) is 0 Å². The maximum atomic E-state index is 2.44. The number of pyridine rings is 1. The van der Waals surface area contributed by atoms with Crippen molar-refractivity contribution in [3.63, 3.8) is 0 Å². The van der Waals surface area contributed by atoms with Gasteiger partial charge in [-0.2, -0.15) is 0 Å². The van der Waals surface area contributed by atoms with Gasteiger partial charge in [-0.1, -0.05) is 71.0 Å². The molecule has 0 saturated heterocycles. The molecule has 1 nitrogen and oxygen atoms in total. The number of aromatic nitrogens is 1. The number of aryl methyl sites for hydroxylation is 2. The number of rotatable bonds is 3. The zero-order valence-corrected chi connectivity index (χ0v) is 19.5. The van der Waals surface area contributed by atoms with Crippen LogP contribution >= 0.6 is 0 Å². The van der Waals surface area contributed by atoms with Crippen molar-refractivity contribution in [2.45, 2.75) is 53.4 Å². The molecule has 4 rings (SSSR count). The van der Waals surface area contributed by atoms with Gasteiger partial charge >= 0.3 is 0 Å². The van der Waals surface area contributed by atoms with Crippen LogP contribution in [0.2, 0.25) is 0 Å². The predicted octanol–water partition coefficient (Wildman–Crippen LogP) is 7.29. The number of nitrogens with zero attached hydrogens (tertiary/aromatic N) is 1. The maximum absolute atomic E-state index is 2.44. The van der Waals surface area contributed by atoms with E-state index in [1.54, 1.807) is 0 Å². The Morgan fingerprint density at radius 1 is 0.867 bits per heavy atom. The third-order valence-corrected chi connectivity index (χ3v) is 6.22. The lowest BCUT2D eigenvalue weighted by atomic mass is 9.80. The molecule has 0 fully saturated rings. The highest BCUT2D eigenvalue weighted by Gasteiger charge is 2.24. The van der Waals surface area contributed by atoms with E-state index in [9.17, 15) is 0 Å². The summed E-state index contributed by atoms with van der Waals surface area (Å²) in [6.07, 6.45) is 3.33. The maximum Gasteiger partial charge on any atom is 0.220 e. The van der Waals surface area contributed by atoms with Crippen LogP contribution in [0.3, 0.4) is 0 Å². The lowest BCUT2D eigenvalue weighted by Crippen LogP contribution is -2.31. The van der Waals surface area contributed by atoms with Crippen LogP contribution in [-0.2, 0) is 18.9 Å². The third kappa shape index (κ3) is 3.62. The van der Waals surface area contributed by atoms with Gasteiger partial charge in [0, 0.05) is 6.07 Å². The van der Waals surface area contributed by atoms with Gasteiger partial charge in [0.05, 0.1) is 10.9 Å². The molecule has 0 radical (unpaired) electrons. The number of hydrogen-bond acceptors (Lipinski definition) is 0. The zero-order valence-electron chi connectivity index (χ0n) is 19.5. The Labute approximate surface area is 181 Å². The summed E-state index contributed by atoms with van der Waals surface area (Å²) in [5.41, 5.74) is 6.90. The van der Waals surface area contributed by atoms with Crippen molar-refractivity contribution >= 4 is 21.5 Å². The molecule has 0 aliphatic carbocycles. The third-order valence-electron chi connectivity index (χ3n) is 6.22. The number of fused-ring (bicyclic) bond motifs is 2. The number of benzene rings is 3. The van der Waals surface area contributed by atoms with Gasteiger partial charge in [0.15, 0.2) is 6.20 Å². The van der Waals surface area contributed by atoms with Crippen molar-refractivity contribution in [3.05, 3.63) is 77.5 Å². The van der Waals surface area contributed by atoms with E-state index in [1.165, 1.54) is 49.5 Å². The summed E-state index contributed by atoms with van der Waals surface area (Å²) in [4.78, 5) is 0. The Bertz CT molecular complexity index is 1240. The molecule has 3 aromatic carbocycles. The molecule has 0 aliphatic rings. The van der Waals surface area contributed by atoms with Crippen molar-refractivity contribution in [2.24, 2.45) is 13.0 Å². The van der Waals surface area contributed by atoms with Crippen molar-refractivity contribution in [1.82, 2.24) is 0 Å². The molecule has 4 aromatic rings. The van der Waals surface area contributed by atoms with E-state index < -0.39 is 0 Å². The molecule has 0 N–H and O–H groups in total. The molecule has 0 atom stereocenters. The van der Waals surface area contributed by atoms with Crippen LogP contribution in [0, 0.1) is 12.8 Å². The first kappa shape index (κ1) is 20.6. The van der Waals surface area contributed by atoms with Crippen LogP contribution in [0.15, 0.2) is 60.8 Å². The van der Waals surface area contributed by atoms with Crippen LogP contribution in [0.1, 0.15) is 51.3 Å². The Balaban J connectivity index is 2.05. The van der Waals surface area contributed by atoms with Gasteiger partial charge < -0.3 is 0 Å². The first-order valence-electron chi connectivity index (χ1n) is 11.1. The second kappa shape index (κ2) is 7.54. The molecule has 1 heterocycles. The highest BCUT2D eigenvalue weighted by molar-refractivity contribution is 5.99. The van der Waals surface area contributed by atoms with Gasteiger partial charge in [0.2, 0.25) is 5.69 Å². The molecular formula is C29H34N+. The predicted molar refractivity (Wildman–Crippen MR) is 130 cm³/mol. The second-order valence-corrected chi connectivity index (χ2v) is 10.2. The monoisotopic (exact) mass is 396 g/mol. The van der Waals surface area contributed by atoms with Crippen LogP contribution in [0.4, 0.5) is 0 Å². The first-order valence-corrected chi connectivity index (χ1v) is 11.1. The Hall–Kier alpha value is -2.67. The fraction of sp³-hybridized carbons (Fsp3) is 0.345. The van der Waals surface area contributed by atoms with Crippen LogP contribution < -0.4 is 4.57 Å².